The highest BCUT2D eigenvalue weighted by atomic mass is 16.5. The van der Waals surface area contributed by atoms with Gasteiger partial charge in [-0.25, -0.2) is 9.50 Å². The van der Waals surface area contributed by atoms with Gasteiger partial charge in [0.15, 0.2) is 5.65 Å². The Kier molecular flexibility index (Phi) is 5.31. The summed E-state index contributed by atoms with van der Waals surface area (Å²) in [5, 5.41) is 4.57. The van der Waals surface area contributed by atoms with E-state index in [0.717, 1.165) is 44.0 Å². The number of anilines is 1. The number of carbonyl (C=O) groups is 1. The van der Waals surface area contributed by atoms with Crippen LogP contribution in [0.15, 0.2) is 24.5 Å². The average molecular weight is 359 g/mol. The van der Waals surface area contributed by atoms with Crippen molar-refractivity contribution in [3.8, 4) is 0 Å². The van der Waals surface area contributed by atoms with E-state index in [0.29, 0.717) is 19.7 Å². The number of imidazole rings is 1. The number of rotatable bonds is 5. The maximum atomic E-state index is 12.3. The molecule has 26 heavy (non-hydrogen) atoms. The van der Waals surface area contributed by atoms with E-state index in [1.165, 1.54) is 6.42 Å². The summed E-state index contributed by atoms with van der Waals surface area (Å²) in [5.41, 5.74) is 0.835. The number of piperazine rings is 1. The fourth-order valence-electron chi connectivity index (χ4n) is 3.47. The number of aromatic nitrogens is 3. The van der Waals surface area contributed by atoms with Gasteiger partial charge in [-0.2, -0.15) is 0 Å². The molecule has 0 bridgehead atoms. The SMILES string of the molecule is O=C(COCC1CCCCO1)N1CCN(c2ccc3nccn3n2)CC1. The fourth-order valence-corrected chi connectivity index (χ4v) is 3.47. The first-order valence-corrected chi connectivity index (χ1v) is 9.32. The third kappa shape index (κ3) is 3.96. The molecule has 140 valence electrons. The van der Waals surface area contributed by atoms with E-state index in [-0.39, 0.29) is 18.6 Å². The predicted molar refractivity (Wildman–Crippen MR) is 96.2 cm³/mol. The zero-order chi connectivity index (χ0) is 17.8. The molecule has 2 saturated heterocycles. The van der Waals surface area contributed by atoms with Crippen molar-refractivity contribution in [2.45, 2.75) is 25.4 Å². The van der Waals surface area contributed by atoms with Crippen LogP contribution in [0.1, 0.15) is 19.3 Å². The number of carbonyl (C=O) groups excluding carboxylic acids is 1. The molecule has 0 aromatic carbocycles. The minimum atomic E-state index is 0.0541. The summed E-state index contributed by atoms with van der Waals surface area (Å²) in [4.78, 5) is 20.6. The maximum absolute atomic E-state index is 12.3. The number of amides is 1. The summed E-state index contributed by atoms with van der Waals surface area (Å²) in [5.74, 6) is 0.965. The lowest BCUT2D eigenvalue weighted by molar-refractivity contribution is -0.138. The Bertz CT molecular complexity index is 735. The Hall–Kier alpha value is -2.19. The van der Waals surface area contributed by atoms with Gasteiger partial charge in [-0.05, 0) is 31.4 Å². The molecule has 2 fully saturated rings. The molecule has 2 aromatic heterocycles. The highest BCUT2D eigenvalue weighted by Crippen LogP contribution is 2.15. The van der Waals surface area contributed by atoms with Crippen molar-refractivity contribution in [2.75, 3.05) is 50.9 Å². The van der Waals surface area contributed by atoms with E-state index in [4.69, 9.17) is 9.47 Å². The highest BCUT2D eigenvalue weighted by Gasteiger charge is 2.23. The predicted octanol–water partition coefficient (Wildman–Crippen LogP) is 0.964. The van der Waals surface area contributed by atoms with Crippen LogP contribution >= 0.6 is 0 Å². The standard InChI is InChI=1S/C18H25N5O3/c24-18(14-25-13-15-3-1-2-12-26-15)22-10-8-21(9-11-22)17-5-4-16-19-6-7-23(16)20-17/h4-7,15H,1-3,8-14H2. The molecule has 0 aliphatic carbocycles. The summed E-state index contributed by atoms with van der Waals surface area (Å²) in [6.45, 7) is 4.37. The van der Waals surface area contributed by atoms with Crippen molar-refractivity contribution in [1.29, 1.82) is 0 Å². The van der Waals surface area contributed by atoms with E-state index >= 15 is 0 Å². The molecule has 2 aromatic rings. The van der Waals surface area contributed by atoms with Crippen molar-refractivity contribution in [3.05, 3.63) is 24.5 Å². The topological polar surface area (TPSA) is 72.2 Å². The summed E-state index contributed by atoms with van der Waals surface area (Å²) in [7, 11) is 0. The summed E-state index contributed by atoms with van der Waals surface area (Å²) in [6, 6.07) is 3.94. The van der Waals surface area contributed by atoms with Crippen LogP contribution in [0, 0.1) is 0 Å². The number of hydrogen-bond donors (Lipinski definition) is 0. The Morgan fingerprint density at radius 1 is 1.23 bits per heavy atom. The van der Waals surface area contributed by atoms with Crippen molar-refractivity contribution in [1.82, 2.24) is 19.5 Å². The minimum Gasteiger partial charge on any atom is -0.376 e. The molecule has 4 rings (SSSR count). The first-order valence-electron chi connectivity index (χ1n) is 9.32. The Balaban J connectivity index is 1.23. The Labute approximate surface area is 152 Å². The molecule has 2 aliphatic heterocycles. The lowest BCUT2D eigenvalue weighted by atomic mass is 10.1. The average Bonchev–Trinajstić information content (AvgIpc) is 3.17. The molecule has 0 radical (unpaired) electrons. The van der Waals surface area contributed by atoms with E-state index in [1.54, 1.807) is 10.7 Å². The van der Waals surface area contributed by atoms with Crippen LogP contribution in [0.25, 0.3) is 5.65 Å². The molecule has 8 nitrogen and oxygen atoms in total. The van der Waals surface area contributed by atoms with Gasteiger partial charge < -0.3 is 19.3 Å². The molecular formula is C18H25N5O3. The molecule has 1 atom stereocenters. The smallest absolute Gasteiger partial charge is 0.248 e. The van der Waals surface area contributed by atoms with Crippen LogP contribution in [-0.2, 0) is 14.3 Å². The van der Waals surface area contributed by atoms with Gasteiger partial charge in [0.25, 0.3) is 0 Å². The second-order valence-electron chi connectivity index (χ2n) is 6.79. The van der Waals surface area contributed by atoms with E-state index in [1.807, 2.05) is 23.2 Å². The third-order valence-corrected chi connectivity index (χ3v) is 5.00. The number of fused-ring (bicyclic) bond motifs is 1. The molecule has 4 heterocycles. The zero-order valence-electron chi connectivity index (χ0n) is 14.9. The van der Waals surface area contributed by atoms with Crippen LogP contribution in [-0.4, -0.2) is 77.5 Å². The second kappa shape index (κ2) is 8.01. The van der Waals surface area contributed by atoms with Gasteiger partial charge in [-0.15, -0.1) is 5.10 Å². The van der Waals surface area contributed by atoms with Crippen LogP contribution in [0.2, 0.25) is 0 Å². The maximum Gasteiger partial charge on any atom is 0.248 e. The molecule has 0 spiro atoms. The first kappa shape index (κ1) is 17.2. The van der Waals surface area contributed by atoms with Crippen molar-refractivity contribution in [3.63, 3.8) is 0 Å². The molecule has 0 N–H and O–H groups in total. The summed E-state index contributed by atoms with van der Waals surface area (Å²) in [6.07, 6.45) is 7.07. The molecule has 8 heteroatoms. The van der Waals surface area contributed by atoms with E-state index < -0.39 is 0 Å². The molecular weight excluding hydrogens is 334 g/mol. The van der Waals surface area contributed by atoms with E-state index in [9.17, 15) is 4.79 Å². The van der Waals surface area contributed by atoms with Crippen LogP contribution in [0.4, 0.5) is 5.82 Å². The van der Waals surface area contributed by atoms with Crippen LogP contribution < -0.4 is 4.90 Å². The molecule has 0 saturated carbocycles. The second-order valence-corrected chi connectivity index (χ2v) is 6.79. The van der Waals surface area contributed by atoms with Crippen LogP contribution in [0.5, 0.6) is 0 Å². The van der Waals surface area contributed by atoms with E-state index in [2.05, 4.69) is 15.0 Å². The minimum absolute atomic E-state index is 0.0541. The van der Waals surface area contributed by atoms with Gasteiger partial charge in [0.2, 0.25) is 5.91 Å². The first-order chi connectivity index (χ1) is 12.8. The quantitative estimate of drug-likeness (QED) is 0.792. The number of nitrogens with zero attached hydrogens (tertiary/aromatic N) is 5. The van der Waals surface area contributed by atoms with Gasteiger partial charge in [-0.3, -0.25) is 4.79 Å². The largest absolute Gasteiger partial charge is 0.376 e. The van der Waals surface area contributed by atoms with Gasteiger partial charge in [0.1, 0.15) is 12.4 Å². The lowest BCUT2D eigenvalue weighted by Gasteiger charge is -2.35. The van der Waals surface area contributed by atoms with Gasteiger partial charge in [-0.1, -0.05) is 0 Å². The Morgan fingerprint density at radius 3 is 2.92 bits per heavy atom. The third-order valence-electron chi connectivity index (χ3n) is 5.00. The number of ether oxygens (including phenoxy) is 2. The van der Waals surface area contributed by atoms with Gasteiger partial charge in [0, 0.05) is 45.2 Å². The molecule has 2 aliphatic rings. The normalized spacial score (nSPS) is 21.3. The van der Waals surface area contributed by atoms with Crippen molar-refractivity contribution >= 4 is 17.4 Å². The van der Waals surface area contributed by atoms with Gasteiger partial charge in [0.05, 0.1) is 12.7 Å². The van der Waals surface area contributed by atoms with Crippen LogP contribution in [0.3, 0.4) is 0 Å². The highest BCUT2D eigenvalue weighted by molar-refractivity contribution is 5.77. The fraction of sp³-hybridized carbons (Fsp3) is 0.611. The van der Waals surface area contributed by atoms with Crippen molar-refractivity contribution in [2.24, 2.45) is 0 Å². The number of hydrogen-bond acceptors (Lipinski definition) is 6. The van der Waals surface area contributed by atoms with Gasteiger partial charge >= 0.3 is 0 Å². The summed E-state index contributed by atoms with van der Waals surface area (Å²) >= 11 is 0. The van der Waals surface area contributed by atoms with Crippen molar-refractivity contribution < 1.29 is 14.3 Å². The molecule has 1 unspecified atom stereocenters. The summed E-state index contributed by atoms with van der Waals surface area (Å²) < 4.78 is 13.0. The lowest BCUT2D eigenvalue weighted by Crippen LogP contribution is -2.50. The molecule has 1 amide bonds. The Morgan fingerprint density at radius 2 is 2.12 bits per heavy atom. The zero-order valence-corrected chi connectivity index (χ0v) is 14.9. The monoisotopic (exact) mass is 359 g/mol.